The lowest BCUT2D eigenvalue weighted by atomic mass is 9.77. The monoisotopic (exact) mass is 277 g/mol. The Hall–Kier alpha value is -1.73. The molecule has 106 valence electrons. The smallest absolute Gasteiger partial charge is 0.399 e. The first-order valence-corrected chi connectivity index (χ1v) is 6.27. The Morgan fingerprint density at radius 1 is 1.20 bits per heavy atom. The van der Waals surface area contributed by atoms with Gasteiger partial charge in [-0.05, 0) is 27.7 Å². The van der Waals surface area contributed by atoms with Gasteiger partial charge < -0.3 is 9.31 Å². The van der Waals surface area contributed by atoms with Crippen LogP contribution in [0.2, 0.25) is 0 Å². The van der Waals surface area contributed by atoms with Crippen LogP contribution in [0.3, 0.4) is 0 Å². The molecule has 0 amide bonds. The number of benzene rings is 1. The van der Waals surface area contributed by atoms with Gasteiger partial charge in [0.25, 0.3) is 5.69 Å². The molecule has 0 bridgehead atoms. The zero-order chi connectivity index (χ0) is 15.1. The summed E-state index contributed by atoms with van der Waals surface area (Å²) in [6, 6.07) is 4.25. The maximum atomic E-state index is 11.1. The predicted octanol–water partition coefficient (Wildman–Crippen LogP) is 1.71. The van der Waals surface area contributed by atoms with Gasteiger partial charge in [-0.25, -0.2) is 0 Å². The molecule has 0 radical (unpaired) electrons. The van der Waals surface area contributed by atoms with E-state index in [4.69, 9.17) is 9.31 Å². The van der Waals surface area contributed by atoms with Gasteiger partial charge in [-0.3, -0.25) is 14.9 Å². The third-order valence-corrected chi connectivity index (χ3v) is 3.89. The van der Waals surface area contributed by atoms with Crippen molar-refractivity contribution in [2.45, 2.75) is 38.9 Å². The van der Waals surface area contributed by atoms with Crippen LogP contribution < -0.4 is 5.46 Å². The van der Waals surface area contributed by atoms with Crippen molar-refractivity contribution in [1.29, 1.82) is 0 Å². The van der Waals surface area contributed by atoms with E-state index in [0.717, 1.165) is 0 Å². The van der Waals surface area contributed by atoms with Gasteiger partial charge in [0.15, 0.2) is 0 Å². The lowest BCUT2D eigenvalue weighted by Gasteiger charge is -2.32. The molecule has 20 heavy (non-hydrogen) atoms. The average Bonchev–Trinajstić information content (AvgIpc) is 2.57. The molecule has 7 heteroatoms. The maximum Gasteiger partial charge on any atom is 0.501 e. The zero-order valence-electron chi connectivity index (χ0n) is 11.9. The molecule has 1 aliphatic rings. The van der Waals surface area contributed by atoms with Crippen LogP contribution >= 0.6 is 0 Å². The summed E-state index contributed by atoms with van der Waals surface area (Å²) in [7, 11) is -0.818. The molecule has 1 aromatic rings. The molecule has 0 aromatic heterocycles. The Labute approximate surface area is 117 Å². The van der Waals surface area contributed by atoms with E-state index in [-0.39, 0.29) is 11.3 Å². The van der Waals surface area contributed by atoms with Crippen LogP contribution in [0.4, 0.5) is 5.69 Å². The van der Waals surface area contributed by atoms with Gasteiger partial charge in [-0.1, -0.05) is 12.1 Å². The summed E-state index contributed by atoms with van der Waals surface area (Å²) in [5.74, 6) is 0. The Bertz CT molecular complexity index is 554. The molecule has 6 nitrogen and oxygen atoms in total. The minimum Gasteiger partial charge on any atom is -0.399 e. The molecule has 1 fully saturated rings. The highest BCUT2D eigenvalue weighted by atomic mass is 16.7. The first-order valence-electron chi connectivity index (χ1n) is 6.27. The molecule has 0 aliphatic carbocycles. The molecule has 0 saturated carbocycles. The van der Waals surface area contributed by atoms with Gasteiger partial charge in [0.1, 0.15) is 6.29 Å². The van der Waals surface area contributed by atoms with Crippen molar-refractivity contribution in [2.24, 2.45) is 0 Å². The number of carbonyl (C=O) groups excluding carboxylic acids is 1. The second-order valence-corrected chi connectivity index (χ2v) is 5.78. The van der Waals surface area contributed by atoms with E-state index in [9.17, 15) is 14.9 Å². The third-order valence-electron chi connectivity index (χ3n) is 3.89. The molecule has 1 saturated heterocycles. The zero-order valence-corrected chi connectivity index (χ0v) is 11.9. The summed E-state index contributed by atoms with van der Waals surface area (Å²) in [5.41, 5.74) is -0.756. The molecule has 1 heterocycles. The Morgan fingerprint density at radius 2 is 1.75 bits per heavy atom. The van der Waals surface area contributed by atoms with E-state index in [0.29, 0.717) is 11.7 Å². The first-order chi connectivity index (χ1) is 9.18. The summed E-state index contributed by atoms with van der Waals surface area (Å²) in [4.78, 5) is 21.3. The average molecular weight is 277 g/mol. The van der Waals surface area contributed by atoms with Gasteiger partial charge >= 0.3 is 7.12 Å². The molecule has 0 N–H and O–H groups in total. The van der Waals surface area contributed by atoms with Crippen LogP contribution in [0, 0.1) is 10.1 Å². The molecule has 0 spiro atoms. The van der Waals surface area contributed by atoms with Gasteiger partial charge in [0, 0.05) is 11.6 Å². The Balaban J connectivity index is 2.44. The van der Waals surface area contributed by atoms with Crippen LogP contribution in [-0.4, -0.2) is 29.5 Å². The minimum atomic E-state index is -0.818. The molecule has 1 aromatic carbocycles. The molecule has 0 atom stereocenters. The largest absolute Gasteiger partial charge is 0.501 e. The van der Waals surface area contributed by atoms with Crippen molar-refractivity contribution in [3.05, 3.63) is 33.9 Å². The van der Waals surface area contributed by atoms with Crippen molar-refractivity contribution in [3.63, 3.8) is 0 Å². The fourth-order valence-electron chi connectivity index (χ4n) is 1.96. The minimum absolute atomic E-state index is 0.173. The lowest BCUT2D eigenvalue weighted by molar-refractivity contribution is -0.383. The molecule has 0 unspecified atom stereocenters. The Morgan fingerprint density at radius 3 is 2.20 bits per heavy atom. The van der Waals surface area contributed by atoms with Crippen molar-refractivity contribution in [2.75, 3.05) is 0 Å². The van der Waals surface area contributed by atoms with Crippen molar-refractivity contribution in [3.8, 4) is 0 Å². The second kappa shape index (κ2) is 4.68. The topological polar surface area (TPSA) is 78.7 Å². The number of rotatable bonds is 3. The summed E-state index contributed by atoms with van der Waals surface area (Å²) in [6.45, 7) is 7.49. The number of nitro groups is 1. The third kappa shape index (κ3) is 2.34. The van der Waals surface area contributed by atoms with Gasteiger partial charge in [-0.2, -0.15) is 0 Å². The van der Waals surface area contributed by atoms with Crippen LogP contribution in [0.25, 0.3) is 0 Å². The van der Waals surface area contributed by atoms with Crippen molar-refractivity contribution < 1.29 is 19.0 Å². The van der Waals surface area contributed by atoms with E-state index >= 15 is 0 Å². The van der Waals surface area contributed by atoms with Crippen LogP contribution in [-0.2, 0) is 9.31 Å². The van der Waals surface area contributed by atoms with Gasteiger partial charge in [-0.15, -0.1) is 0 Å². The van der Waals surface area contributed by atoms with Crippen LogP contribution in [0.5, 0.6) is 0 Å². The number of carbonyl (C=O) groups is 1. The van der Waals surface area contributed by atoms with E-state index < -0.39 is 23.2 Å². The molecule has 2 rings (SSSR count). The van der Waals surface area contributed by atoms with Crippen molar-refractivity contribution >= 4 is 24.6 Å². The number of aldehydes is 1. The fourth-order valence-corrected chi connectivity index (χ4v) is 1.96. The van der Waals surface area contributed by atoms with Crippen LogP contribution in [0.15, 0.2) is 18.2 Å². The highest BCUT2D eigenvalue weighted by Gasteiger charge is 2.53. The second-order valence-electron chi connectivity index (χ2n) is 5.78. The highest BCUT2D eigenvalue weighted by Crippen LogP contribution is 2.37. The first kappa shape index (κ1) is 14.7. The van der Waals surface area contributed by atoms with Gasteiger partial charge in [0.05, 0.1) is 21.6 Å². The normalized spacial score (nSPS) is 19.9. The number of nitrogens with zero attached hydrogens (tertiary/aromatic N) is 1. The number of hydrogen-bond donors (Lipinski definition) is 0. The Kier molecular flexibility index (Phi) is 3.43. The summed E-state index contributed by atoms with van der Waals surface area (Å²) >= 11 is 0. The van der Waals surface area contributed by atoms with E-state index in [1.165, 1.54) is 18.2 Å². The van der Waals surface area contributed by atoms with E-state index in [1.807, 2.05) is 27.7 Å². The van der Waals surface area contributed by atoms with Crippen LogP contribution in [0.1, 0.15) is 38.1 Å². The van der Waals surface area contributed by atoms with Gasteiger partial charge in [0.2, 0.25) is 0 Å². The molecular formula is C13H16BNO5. The fraction of sp³-hybridized carbons (Fsp3) is 0.462. The summed E-state index contributed by atoms with van der Waals surface area (Å²) in [6.07, 6.45) is 0.570. The van der Waals surface area contributed by atoms with Crippen molar-refractivity contribution in [1.82, 2.24) is 0 Å². The summed E-state index contributed by atoms with van der Waals surface area (Å²) in [5, 5.41) is 11.1. The standard InChI is InChI=1S/C13H16BNO5/c1-12(2)13(3,4)20-14(19-12)10-6-5-9(8-16)7-11(10)15(17)18/h5-8H,1-4H3. The number of nitro benzene ring substituents is 1. The number of hydrogen-bond acceptors (Lipinski definition) is 5. The highest BCUT2D eigenvalue weighted by molar-refractivity contribution is 6.63. The summed E-state index contributed by atoms with van der Waals surface area (Å²) < 4.78 is 11.6. The SMILES string of the molecule is CC1(C)OB(c2ccc(C=O)cc2[N+](=O)[O-])OC1(C)C. The quantitative estimate of drug-likeness (QED) is 0.363. The molecular weight excluding hydrogens is 261 g/mol. The lowest BCUT2D eigenvalue weighted by Crippen LogP contribution is -2.41. The predicted molar refractivity (Wildman–Crippen MR) is 74.2 cm³/mol. The van der Waals surface area contributed by atoms with E-state index in [1.54, 1.807) is 0 Å². The molecule has 1 aliphatic heterocycles. The van der Waals surface area contributed by atoms with E-state index in [2.05, 4.69) is 0 Å². The maximum absolute atomic E-state index is 11.1.